The summed E-state index contributed by atoms with van der Waals surface area (Å²) in [7, 11) is 0. The first-order valence-electron chi connectivity index (χ1n) is 7.45. The Kier molecular flexibility index (Phi) is 3.29. The van der Waals surface area contributed by atoms with E-state index >= 15 is 0 Å². The first-order valence-corrected chi connectivity index (χ1v) is 8.27. The van der Waals surface area contributed by atoms with Gasteiger partial charge in [0.2, 0.25) is 5.89 Å². The molecule has 3 aromatic rings. The van der Waals surface area contributed by atoms with Crippen molar-refractivity contribution in [3.8, 4) is 0 Å². The second-order valence-corrected chi connectivity index (χ2v) is 7.10. The molecule has 4 rings (SSSR count). The second-order valence-electron chi connectivity index (χ2n) is 5.73. The van der Waals surface area contributed by atoms with E-state index in [2.05, 4.69) is 39.3 Å². The van der Waals surface area contributed by atoms with Gasteiger partial charge >= 0.3 is 0 Å². The van der Waals surface area contributed by atoms with E-state index < -0.39 is 0 Å². The molecule has 0 aromatic carbocycles. The smallest absolute Gasteiger partial charge is 0.231 e. The molecule has 1 unspecified atom stereocenters. The molecule has 7 heteroatoms. The molecule has 0 saturated heterocycles. The van der Waals surface area contributed by atoms with Crippen molar-refractivity contribution in [1.29, 1.82) is 0 Å². The predicted octanol–water partition coefficient (Wildman–Crippen LogP) is 2.66. The van der Waals surface area contributed by atoms with Crippen LogP contribution in [0.15, 0.2) is 16.7 Å². The molecule has 0 bridgehead atoms. The summed E-state index contributed by atoms with van der Waals surface area (Å²) in [6.07, 6.45) is 2.63. The van der Waals surface area contributed by atoms with Gasteiger partial charge in [-0.05, 0) is 32.4 Å². The van der Waals surface area contributed by atoms with Crippen molar-refractivity contribution in [2.75, 3.05) is 0 Å². The molecule has 1 aliphatic heterocycles. The van der Waals surface area contributed by atoms with E-state index in [4.69, 9.17) is 4.52 Å². The first-order chi connectivity index (χ1) is 10.7. The highest BCUT2D eigenvalue weighted by molar-refractivity contribution is 7.11. The van der Waals surface area contributed by atoms with Crippen molar-refractivity contribution in [3.05, 3.63) is 45.3 Å². The van der Waals surface area contributed by atoms with Crippen LogP contribution in [0.5, 0.6) is 0 Å². The third-order valence-corrected chi connectivity index (χ3v) is 4.93. The Balaban J connectivity index is 1.50. The van der Waals surface area contributed by atoms with Crippen LogP contribution in [0.2, 0.25) is 0 Å². The number of hydrogen-bond acceptors (Lipinski definition) is 6. The summed E-state index contributed by atoms with van der Waals surface area (Å²) < 4.78 is 7.46. The van der Waals surface area contributed by atoms with Crippen LogP contribution >= 0.6 is 11.3 Å². The van der Waals surface area contributed by atoms with Crippen LogP contribution in [0.4, 0.5) is 0 Å². The van der Waals surface area contributed by atoms with E-state index in [9.17, 15) is 0 Å². The lowest BCUT2D eigenvalue weighted by Crippen LogP contribution is -2.20. The lowest BCUT2D eigenvalue weighted by atomic mass is 10.00. The van der Waals surface area contributed by atoms with Gasteiger partial charge in [-0.2, -0.15) is 10.1 Å². The minimum Gasteiger partial charge on any atom is -0.339 e. The van der Waals surface area contributed by atoms with Crippen molar-refractivity contribution in [2.24, 2.45) is 0 Å². The third-order valence-electron chi connectivity index (χ3n) is 3.93. The molecule has 0 N–H and O–H groups in total. The molecule has 4 heterocycles. The van der Waals surface area contributed by atoms with Gasteiger partial charge in [0, 0.05) is 22.6 Å². The summed E-state index contributed by atoms with van der Waals surface area (Å²) in [6, 6.07) is 4.25. The summed E-state index contributed by atoms with van der Waals surface area (Å²) in [5.41, 5.74) is 0. The van der Waals surface area contributed by atoms with Gasteiger partial charge in [0.05, 0.1) is 12.5 Å². The molecule has 0 saturated carbocycles. The highest BCUT2D eigenvalue weighted by Crippen LogP contribution is 2.27. The molecule has 1 aliphatic rings. The van der Waals surface area contributed by atoms with E-state index in [1.807, 2.05) is 11.6 Å². The fourth-order valence-electron chi connectivity index (χ4n) is 2.88. The SMILES string of the molecule is Cc1nc2n(n1)CC(c1nc(Cc3ccc(C)s3)no1)CC2. The molecule has 1 atom stereocenters. The summed E-state index contributed by atoms with van der Waals surface area (Å²) in [4.78, 5) is 11.6. The topological polar surface area (TPSA) is 69.6 Å². The Morgan fingerprint density at radius 1 is 1.32 bits per heavy atom. The molecule has 22 heavy (non-hydrogen) atoms. The zero-order valence-corrected chi connectivity index (χ0v) is 13.4. The largest absolute Gasteiger partial charge is 0.339 e. The molecule has 0 radical (unpaired) electrons. The predicted molar refractivity (Wildman–Crippen MR) is 82.0 cm³/mol. The fraction of sp³-hybridized carbons (Fsp3) is 0.467. The van der Waals surface area contributed by atoms with Gasteiger partial charge in [0.15, 0.2) is 5.82 Å². The zero-order valence-electron chi connectivity index (χ0n) is 12.6. The van der Waals surface area contributed by atoms with Crippen molar-refractivity contribution < 1.29 is 4.52 Å². The Hall–Kier alpha value is -2.02. The second kappa shape index (κ2) is 5.31. The van der Waals surface area contributed by atoms with Crippen LogP contribution < -0.4 is 0 Å². The average molecular weight is 315 g/mol. The molecular formula is C15H17N5OS. The molecule has 0 spiro atoms. The summed E-state index contributed by atoms with van der Waals surface area (Å²) in [5, 5.41) is 8.55. The summed E-state index contributed by atoms with van der Waals surface area (Å²) in [5.74, 6) is 3.61. The number of thiophene rings is 1. The quantitative estimate of drug-likeness (QED) is 0.743. The number of nitrogens with zero attached hydrogens (tertiary/aromatic N) is 5. The Bertz CT molecular complexity index is 803. The Labute approximate surface area is 132 Å². The van der Waals surface area contributed by atoms with Gasteiger partial charge in [-0.15, -0.1) is 11.3 Å². The fourth-order valence-corrected chi connectivity index (χ4v) is 3.76. The lowest BCUT2D eigenvalue weighted by Gasteiger charge is -2.18. The van der Waals surface area contributed by atoms with Crippen molar-refractivity contribution in [3.63, 3.8) is 0 Å². The van der Waals surface area contributed by atoms with Crippen LogP contribution in [0.1, 0.15) is 45.5 Å². The van der Waals surface area contributed by atoms with E-state index in [1.165, 1.54) is 9.75 Å². The van der Waals surface area contributed by atoms with Crippen LogP contribution in [-0.2, 0) is 19.4 Å². The van der Waals surface area contributed by atoms with E-state index in [1.54, 1.807) is 11.3 Å². The number of rotatable bonds is 3. The maximum atomic E-state index is 5.49. The molecule has 0 amide bonds. The van der Waals surface area contributed by atoms with Gasteiger partial charge < -0.3 is 4.52 Å². The van der Waals surface area contributed by atoms with Gasteiger partial charge in [-0.3, -0.25) is 0 Å². The summed E-state index contributed by atoms with van der Waals surface area (Å²) in [6.45, 7) is 4.81. The minimum atomic E-state index is 0.236. The lowest BCUT2D eigenvalue weighted by molar-refractivity contribution is 0.306. The molecular weight excluding hydrogens is 298 g/mol. The zero-order chi connectivity index (χ0) is 15.1. The number of fused-ring (bicyclic) bond motifs is 1. The van der Waals surface area contributed by atoms with E-state index in [-0.39, 0.29) is 5.92 Å². The molecule has 114 valence electrons. The Morgan fingerprint density at radius 3 is 3.05 bits per heavy atom. The standard InChI is InChI=1S/C15H17N5OS/c1-9-3-5-12(22-9)7-13-17-15(21-19-13)11-4-6-14-16-10(2)18-20(14)8-11/h3,5,11H,4,6-8H2,1-2H3. The highest BCUT2D eigenvalue weighted by atomic mass is 32.1. The van der Waals surface area contributed by atoms with Crippen molar-refractivity contribution >= 4 is 11.3 Å². The van der Waals surface area contributed by atoms with Crippen molar-refractivity contribution in [1.82, 2.24) is 24.9 Å². The highest BCUT2D eigenvalue weighted by Gasteiger charge is 2.26. The molecule has 0 fully saturated rings. The van der Waals surface area contributed by atoms with E-state index in [0.29, 0.717) is 0 Å². The van der Waals surface area contributed by atoms with Crippen LogP contribution in [-0.4, -0.2) is 24.9 Å². The van der Waals surface area contributed by atoms with Crippen LogP contribution in [0.25, 0.3) is 0 Å². The molecule has 6 nitrogen and oxygen atoms in total. The Morgan fingerprint density at radius 2 is 2.23 bits per heavy atom. The average Bonchev–Trinajstić information content (AvgIpc) is 3.18. The maximum Gasteiger partial charge on any atom is 0.231 e. The van der Waals surface area contributed by atoms with Gasteiger partial charge in [-0.25, -0.2) is 9.67 Å². The number of aromatic nitrogens is 5. The monoisotopic (exact) mass is 315 g/mol. The molecule has 3 aromatic heterocycles. The van der Waals surface area contributed by atoms with Gasteiger partial charge in [0.1, 0.15) is 11.6 Å². The van der Waals surface area contributed by atoms with Crippen LogP contribution in [0.3, 0.4) is 0 Å². The van der Waals surface area contributed by atoms with Crippen molar-refractivity contribution in [2.45, 2.75) is 45.6 Å². The first kappa shape index (κ1) is 13.6. The summed E-state index contributed by atoms with van der Waals surface area (Å²) >= 11 is 1.78. The number of hydrogen-bond donors (Lipinski definition) is 0. The van der Waals surface area contributed by atoms with Gasteiger partial charge in [0.25, 0.3) is 0 Å². The maximum absolute atomic E-state index is 5.49. The van der Waals surface area contributed by atoms with E-state index in [0.717, 1.165) is 49.2 Å². The van der Waals surface area contributed by atoms with Crippen LogP contribution in [0, 0.1) is 13.8 Å². The van der Waals surface area contributed by atoms with Gasteiger partial charge in [-0.1, -0.05) is 5.16 Å². The third kappa shape index (κ3) is 2.56. The minimum absolute atomic E-state index is 0.236. The molecule has 0 aliphatic carbocycles. The number of aryl methyl sites for hydroxylation is 3. The normalized spacial score (nSPS) is 17.6.